The Morgan fingerprint density at radius 3 is 2.62 bits per heavy atom. The minimum Gasteiger partial charge on any atom is -0.493 e. The number of carbonyl (C=O) groups is 1. The van der Waals surface area contributed by atoms with Crippen LogP contribution in [-0.2, 0) is 6.54 Å². The lowest BCUT2D eigenvalue weighted by Gasteiger charge is -2.26. The van der Waals surface area contributed by atoms with Gasteiger partial charge in [-0.25, -0.2) is 0 Å². The Kier molecular flexibility index (Phi) is 5.04. The van der Waals surface area contributed by atoms with Gasteiger partial charge in [-0.1, -0.05) is 19.8 Å². The fraction of sp³-hybridized carbons (Fsp3) is 0.750. The van der Waals surface area contributed by atoms with Gasteiger partial charge in [0.1, 0.15) is 5.69 Å². The van der Waals surface area contributed by atoms with Crippen LogP contribution < -0.4 is 4.74 Å². The van der Waals surface area contributed by atoms with E-state index in [0.29, 0.717) is 18.0 Å². The summed E-state index contributed by atoms with van der Waals surface area (Å²) in [6.45, 7) is 3.68. The van der Waals surface area contributed by atoms with Crippen molar-refractivity contribution in [2.45, 2.75) is 45.6 Å². The Balaban J connectivity index is 2.32. The lowest BCUT2D eigenvalue weighted by molar-refractivity contribution is 0.0774. The van der Waals surface area contributed by atoms with Crippen molar-refractivity contribution in [3.63, 3.8) is 0 Å². The van der Waals surface area contributed by atoms with Gasteiger partial charge >= 0.3 is 0 Å². The van der Waals surface area contributed by atoms with Gasteiger partial charge in [-0.3, -0.25) is 9.48 Å². The number of ether oxygens (including phenoxy) is 1. The number of aromatic nitrogens is 2. The summed E-state index contributed by atoms with van der Waals surface area (Å²) >= 11 is 0. The van der Waals surface area contributed by atoms with Gasteiger partial charge in [0.2, 0.25) is 0 Å². The van der Waals surface area contributed by atoms with Gasteiger partial charge in [-0.2, -0.15) is 5.10 Å². The average Bonchev–Trinajstić information content (AvgIpc) is 3.11. The molecule has 0 N–H and O–H groups in total. The summed E-state index contributed by atoms with van der Waals surface area (Å²) in [6.07, 6.45) is 6.84. The number of methoxy groups -OCH3 is 1. The van der Waals surface area contributed by atoms with Crippen LogP contribution in [0.4, 0.5) is 0 Å². The molecule has 0 aliphatic heterocycles. The van der Waals surface area contributed by atoms with Crippen molar-refractivity contribution in [2.24, 2.45) is 5.41 Å². The van der Waals surface area contributed by atoms with Crippen LogP contribution in [0.25, 0.3) is 0 Å². The zero-order valence-corrected chi connectivity index (χ0v) is 13.7. The van der Waals surface area contributed by atoms with Crippen molar-refractivity contribution < 1.29 is 9.53 Å². The van der Waals surface area contributed by atoms with Crippen molar-refractivity contribution in [1.29, 1.82) is 0 Å². The standard InChI is InChI=1S/C16H27N3O2/c1-5-16(8-6-7-9-16)15(20)14-13(21-4)12-17-19(14)11-10-18(2)3/h12H,5-11H2,1-4H3. The molecule has 0 radical (unpaired) electrons. The van der Waals surface area contributed by atoms with Crippen LogP contribution in [0.5, 0.6) is 5.75 Å². The first-order chi connectivity index (χ1) is 10.0. The van der Waals surface area contributed by atoms with Gasteiger partial charge in [0, 0.05) is 12.0 Å². The van der Waals surface area contributed by atoms with Crippen LogP contribution in [0.1, 0.15) is 49.5 Å². The Hall–Kier alpha value is -1.36. The minimum absolute atomic E-state index is 0.205. The number of nitrogens with zero attached hydrogens (tertiary/aromatic N) is 3. The van der Waals surface area contributed by atoms with E-state index in [1.807, 2.05) is 18.8 Å². The molecule has 1 aliphatic rings. The molecule has 0 amide bonds. The molecule has 118 valence electrons. The van der Waals surface area contributed by atoms with Crippen LogP contribution in [0, 0.1) is 5.41 Å². The van der Waals surface area contributed by atoms with Crippen molar-refractivity contribution in [1.82, 2.24) is 14.7 Å². The molecular weight excluding hydrogens is 266 g/mol. The lowest BCUT2D eigenvalue weighted by atomic mass is 9.78. The predicted molar refractivity (Wildman–Crippen MR) is 82.9 cm³/mol. The number of hydrogen-bond acceptors (Lipinski definition) is 4. The fourth-order valence-corrected chi connectivity index (χ4v) is 3.26. The highest BCUT2D eigenvalue weighted by Crippen LogP contribution is 2.44. The molecule has 1 saturated carbocycles. The second kappa shape index (κ2) is 6.60. The van der Waals surface area contributed by atoms with Crippen molar-refractivity contribution >= 4 is 5.78 Å². The van der Waals surface area contributed by atoms with E-state index >= 15 is 0 Å². The molecule has 0 unspecified atom stereocenters. The predicted octanol–water partition coefficient (Wildman–Crippen LogP) is 2.61. The maximum absolute atomic E-state index is 13.2. The smallest absolute Gasteiger partial charge is 0.190 e. The molecule has 1 heterocycles. The molecule has 5 nitrogen and oxygen atoms in total. The van der Waals surface area contributed by atoms with Crippen molar-refractivity contribution in [2.75, 3.05) is 27.7 Å². The molecule has 0 bridgehead atoms. The van der Waals surface area contributed by atoms with E-state index in [0.717, 1.165) is 38.6 Å². The molecule has 0 atom stereocenters. The van der Waals surface area contributed by atoms with Gasteiger partial charge in [-0.05, 0) is 33.4 Å². The van der Waals surface area contributed by atoms with E-state index < -0.39 is 0 Å². The minimum atomic E-state index is -0.205. The Bertz CT molecular complexity index is 488. The summed E-state index contributed by atoms with van der Waals surface area (Å²) < 4.78 is 7.20. The fourth-order valence-electron chi connectivity index (χ4n) is 3.26. The summed E-state index contributed by atoms with van der Waals surface area (Å²) in [5.74, 6) is 0.828. The first kappa shape index (κ1) is 16.0. The zero-order valence-electron chi connectivity index (χ0n) is 13.7. The highest BCUT2D eigenvalue weighted by Gasteiger charge is 2.42. The Morgan fingerprint density at radius 1 is 1.43 bits per heavy atom. The SMILES string of the molecule is CCC1(C(=O)c2c(OC)cnn2CCN(C)C)CCCC1. The van der Waals surface area contributed by atoms with Crippen molar-refractivity contribution in [3.8, 4) is 5.75 Å². The number of hydrogen-bond donors (Lipinski definition) is 0. The maximum Gasteiger partial charge on any atom is 0.190 e. The van der Waals surface area contributed by atoms with E-state index in [1.54, 1.807) is 13.3 Å². The molecule has 0 spiro atoms. The van der Waals surface area contributed by atoms with Crippen LogP contribution in [0.3, 0.4) is 0 Å². The molecule has 1 fully saturated rings. The normalized spacial score (nSPS) is 17.4. The zero-order chi connectivity index (χ0) is 15.5. The summed E-state index contributed by atoms with van der Waals surface area (Å²) in [5, 5.41) is 4.36. The summed E-state index contributed by atoms with van der Waals surface area (Å²) in [6, 6.07) is 0. The molecule has 0 aromatic carbocycles. The number of carbonyl (C=O) groups excluding carboxylic acids is 1. The Labute approximate surface area is 127 Å². The van der Waals surface area contributed by atoms with Gasteiger partial charge in [0.15, 0.2) is 11.5 Å². The van der Waals surface area contributed by atoms with E-state index in [9.17, 15) is 4.79 Å². The lowest BCUT2D eigenvalue weighted by Crippen LogP contribution is -2.31. The third-order valence-electron chi connectivity index (χ3n) is 4.72. The van der Waals surface area contributed by atoms with E-state index in [4.69, 9.17) is 4.74 Å². The highest BCUT2D eigenvalue weighted by atomic mass is 16.5. The second-order valence-corrected chi connectivity index (χ2v) is 6.26. The largest absolute Gasteiger partial charge is 0.493 e. The van der Waals surface area contributed by atoms with Crippen LogP contribution >= 0.6 is 0 Å². The number of rotatable bonds is 7. The first-order valence-electron chi connectivity index (χ1n) is 7.83. The number of Topliss-reactive ketones (excluding diaryl/α,β-unsaturated/α-hetero) is 1. The van der Waals surface area contributed by atoms with Crippen molar-refractivity contribution in [3.05, 3.63) is 11.9 Å². The van der Waals surface area contributed by atoms with Gasteiger partial charge in [0.25, 0.3) is 0 Å². The molecule has 1 aromatic rings. The third kappa shape index (κ3) is 3.12. The van der Waals surface area contributed by atoms with E-state index in [2.05, 4.69) is 16.9 Å². The van der Waals surface area contributed by atoms with Crippen LogP contribution in [-0.4, -0.2) is 48.2 Å². The van der Waals surface area contributed by atoms with Crippen LogP contribution in [0.2, 0.25) is 0 Å². The molecule has 21 heavy (non-hydrogen) atoms. The topological polar surface area (TPSA) is 47.4 Å². The molecule has 0 saturated heterocycles. The van der Waals surface area contributed by atoms with E-state index in [-0.39, 0.29) is 11.2 Å². The summed E-state index contributed by atoms with van der Waals surface area (Å²) in [4.78, 5) is 15.2. The van der Waals surface area contributed by atoms with Gasteiger partial charge < -0.3 is 9.64 Å². The molecule has 2 rings (SSSR count). The van der Waals surface area contributed by atoms with Gasteiger partial charge in [-0.15, -0.1) is 0 Å². The third-order valence-corrected chi connectivity index (χ3v) is 4.72. The Morgan fingerprint density at radius 2 is 2.10 bits per heavy atom. The maximum atomic E-state index is 13.2. The monoisotopic (exact) mass is 293 g/mol. The highest BCUT2D eigenvalue weighted by molar-refractivity contribution is 6.01. The number of likely N-dealkylation sites (N-methyl/N-ethyl adjacent to an activating group) is 1. The molecule has 1 aromatic heterocycles. The molecular formula is C16H27N3O2. The van der Waals surface area contributed by atoms with Gasteiger partial charge in [0.05, 0.1) is 19.9 Å². The summed E-state index contributed by atoms with van der Waals surface area (Å²) in [5.41, 5.74) is 0.450. The first-order valence-corrected chi connectivity index (χ1v) is 7.83. The number of ketones is 1. The quantitative estimate of drug-likeness (QED) is 0.725. The molecule has 1 aliphatic carbocycles. The van der Waals surface area contributed by atoms with E-state index in [1.165, 1.54) is 0 Å². The van der Waals surface area contributed by atoms with Crippen LogP contribution in [0.15, 0.2) is 6.20 Å². The average molecular weight is 293 g/mol. The summed E-state index contributed by atoms with van der Waals surface area (Å²) in [7, 11) is 5.65. The second-order valence-electron chi connectivity index (χ2n) is 6.26. The molecule has 5 heteroatoms.